The van der Waals surface area contributed by atoms with Gasteiger partial charge in [0.2, 0.25) is 5.82 Å². The summed E-state index contributed by atoms with van der Waals surface area (Å²) in [6.45, 7) is -1.78. The molecule has 0 N–H and O–H groups in total. The molecule has 0 spiro atoms. The number of hydrogen-bond donors (Lipinski definition) is 0. The van der Waals surface area contributed by atoms with Crippen molar-refractivity contribution in [3.8, 4) is 11.4 Å². The lowest BCUT2D eigenvalue weighted by atomic mass is 10.1. The molecule has 0 aliphatic heterocycles. The number of hydrogen-bond acceptors (Lipinski definition) is 8. The molecule has 1 aromatic heterocycles. The lowest BCUT2D eigenvalue weighted by Gasteiger charge is -2.20. The van der Waals surface area contributed by atoms with Gasteiger partial charge in [0.1, 0.15) is 6.67 Å². The summed E-state index contributed by atoms with van der Waals surface area (Å²) in [5.74, 6) is -3.80. The fraction of sp³-hybridized carbons (Fsp3) is 0.333. The summed E-state index contributed by atoms with van der Waals surface area (Å²) in [6, 6.07) is 6.62. The standard InChI is InChI=1S/C15H13F4N5O3/c16-4-5-24(8-12(25)27-14(26)15(17,18)19)7-10-2-1-3-11(6-10)13-22-20-9-21-23-13/h1-3,6,9H,4-5,7-8H2. The van der Waals surface area contributed by atoms with Crippen molar-refractivity contribution in [2.45, 2.75) is 12.7 Å². The second-order valence-corrected chi connectivity index (χ2v) is 5.23. The summed E-state index contributed by atoms with van der Waals surface area (Å²) < 4.78 is 52.8. The molecule has 0 aliphatic rings. The Kier molecular flexibility index (Phi) is 6.82. The predicted octanol–water partition coefficient (Wildman–Crippen LogP) is 1.34. The Bertz CT molecular complexity index is 789. The van der Waals surface area contributed by atoms with E-state index in [1.54, 1.807) is 24.3 Å². The minimum atomic E-state index is -5.29. The molecule has 1 aromatic carbocycles. The van der Waals surface area contributed by atoms with Crippen molar-refractivity contribution in [3.05, 3.63) is 36.2 Å². The zero-order chi connectivity index (χ0) is 19.9. The van der Waals surface area contributed by atoms with Crippen LogP contribution in [0.15, 0.2) is 30.6 Å². The smallest absolute Gasteiger partial charge is 0.385 e. The van der Waals surface area contributed by atoms with Crippen molar-refractivity contribution in [3.63, 3.8) is 0 Å². The number of carbonyl (C=O) groups is 2. The number of rotatable bonds is 7. The average molecular weight is 387 g/mol. The highest BCUT2D eigenvalue weighted by atomic mass is 19.4. The van der Waals surface area contributed by atoms with E-state index < -0.39 is 31.3 Å². The maximum Gasteiger partial charge on any atom is 0.491 e. The third kappa shape index (κ3) is 6.33. The van der Waals surface area contributed by atoms with Gasteiger partial charge in [0.05, 0.1) is 6.54 Å². The number of aromatic nitrogens is 4. The third-order valence-corrected chi connectivity index (χ3v) is 3.19. The minimum Gasteiger partial charge on any atom is -0.385 e. The van der Waals surface area contributed by atoms with Gasteiger partial charge < -0.3 is 4.74 Å². The molecule has 0 bridgehead atoms. The maximum atomic E-state index is 12.7. The van der Waals surface area contributed by atoms with E-state index in [4.69, 9.17) is 0 Å². The van der Waals surface area contributed by atoms with Crippen LogP contribution in [-0.4, -0.2) is 63.2 Å². The van der Waals surface area contributed by atoms with Gasteiger partial charge >= 0.3 is 18.1 Å². The zero-order valence-corrected chi connectivity index (χ0v) is 13.7. The summed E-state index contributed by atoms with van der Waals surface area (Å²) in [6.07, 6.45) is -4.13. The topological polar surface area (TPSA) is 98.2 Å². The van der Waals surface area contributed by atoms with E-state index in [0.29, 0.717) is 11.1 Å². The Morgan fingerprint density at radius 3 is 2.48 bits per heavy atom. The monoisotopic (exact) mass is 387 g/mol. The highest BCUT2D eigenvalue weighted by Gasteiger charge is 2.42. The van der Waals surface area contributed by atoms with Crippen LogP contribution in [0.5, 0.6) is 0 Å². The molecule has 0 unspecified atom stereocenters. The van der Waals surface area contributed by atoms with Gasteiger partial charge in [-0.05, 0) is 11.6 Å². The normalized spacial score (nSPS) is 11.4. The Morgan fingerprint density at radius 2 is 1.85 bits per heavy atom. The molecule has 0 saturated heterocycles. The van der Waals surface area contributed by atoms with Crippen molar-refractivity contribution in [1.82, 2.24) is 25.3 Å². The van der Waals surface area contributed by atoms with E-state index in [1.165, 1.54) is 4.90 Å². The second-order valence-electron chi connectivity index (χ2n) is 5.23. The van der Waals surface area contributed by atoms with E-state index >= 15 is 0 Å². The van der Waals surface area contributed by atoms with E-state index in [2.05, 4.69) is 25.1 Å². The summed E-state index contributed by atoms with van der Waals surface area (Å²) in [4.78, 5) is 23.4. The number of esters is 2. The largest absolute Gasteiger partial charge is 0.491 e. The molecule has 2 aromatic rings. The molecule has 27 heavy (non-hydrogen) atoms. The number of carbonyl (C=O) groups excluding carboxylic acids is 2. The lowest BCUT2D eigenvalue weighted by Crippen LogP contribution is -2.36. The van der Waals surface area contributed by atoms with Gasteiger partial charge in [-0.15, -0.1) is 20.4 Å². The van der Waals surface area contributed by atoms with E-state index in [9.17, 15) is 27.2 Å². The van der Waals surface area contributed by atoms with Crippen LogP contribution in [-0.2, 0) is 20.9 Å². The predicted molar refractivity (Wildman–Crippen MR) is 81.5 cm³/mol. The summed E-state index contributed by atoms with van der Waals surface area (Å²) in [7, 11) is 0. The molecule has 0 amide bonds. The van der Waals surface area contributed by atoms with Crippen LogP contribution in [0.1, 0.15) is 5.56 Å². The molecule has 144 valence electrons. The first-order chi connectivity index (χ1) is 12.8. The molecule has 0 aliphatic carbocycles. The van der Waals surface area contributed by atoms with Crippen LogP contribution in [0, 0.1) is 0 Å². The quantitative estimate of drug-likeness (QED) is 0.399. The van der Waals surface area contributed by atoms with Crippen molar-refractivity contribution >= 4 is 11.9 Å². The molecule has 2 rings (SSSR count). The molecule has 0 radical (unpaired) electrons. The molecule has 8 nitrogen and oxygen atoms in total. The highest BCUT2D eigenvalue weighted by molar-refractivity contribution is 5.89. The van der Waals surface area contributed by atoms with Crippen LogP contribution in [0.25, 0.3) is 11.4 Å². The van der Waals surface area contributed by atoms with Gasteiger partial charge in [-0.3, -0.25) is 9.69 Å². The molecular formula is C15H13F4N5O3. The first-order valence-corrected chi connectivity index (χ1v) is 7.49. The Labute approximate surface area is 150 Å². The van der Waals surface area contributed by atoms with E-state index in [0.717, 1.165) is 6.33 Å². The van der Waals surface area contributed by atoms with E-state index in [1.807, 2.05) is 0 Å². The fourth-order valence-corrected chi connectivity index (χ4v) is 2.10. The van der Waals surface area contributed by atoms with Crippen LogP contribution in [0.4, 0.5) is 17.6 Å². The molecule has 12 heteroatoms. The van der Waals surface area contributed by atoms with Crippen molar-refractivity contribution in [2.75, 3.05) is 19.8 Å². The van der Waals surface area contributed by atoms with Crippen LogP contribution < -0.4 is 0 Å². The molecule has 0 saturated carbocycles. The van der Waals surface area contributed by atoms with Gasteiger partial charge in [-0.25, -0.2) is 9.18 Å². The SMILES string of the molecule is O=C(CN(CCF)Cc1cccc(-c2nncnn2)c1)OC(=O)C(F)(F)F. The van der Waals surface area contributed by atoms with Gasteiger partial charge in [-0.2, -0.15) is 13.2 Å². The first kappa shape index (κ1) is 20.3. The Morgan fingerprint density at radius 1 is 1.15 bits per heavy atom. The fourth-order valence-electron chi connectivity index (χ4n) is 2.10. The Hall–Kier alpha value is -3.02. The summed E-state index contributed by atoms with van der Waals surface area (Å²) in [5, 5.41) is 14.8. The van der Waals surface area contributed by atoms with Gasteiger partial charge in [0, 0.05) is 18.7 Å². The minimum absolute atomic E-state index is 0.0146. The van der Waals surface area contributed by atoms with Gasteiger partial charge in [0.25, 0.3) is 0 Å². The van der Waals surface area contributed by atoms with Crippen molar-refractivity contribution in [2.24, 2.45) is 0 Å². The maximum absolute atomic E-state index is 12.7. The summed E-state index contributed by atoms with van der Waals surface area (Å²) >= 11 is 0. The van der Waals surface area contributed by atoms with Gasteiger partial charge in [-0.1, -0.05) is 18.2 Å². The zero-order valence-electron chi connectivity index (χ0n) is 13.7. The lowest BCUT2D eigenvalue weighted by molar-refractivity contribution is -0.202. The average Bonchev–Trinajstić information content (AvgIpc) is 2.62. The third-order valence-electron chi connectivity index (χ3n) is 3.19. The van der Waals surface area contributed by atoms with Crippen LogP contribution in [0.2, 0.25) is 0 Å². The number of nitrogens with zero attached hydrogens (tertiary/aromatic N) is 5. The second kappa shape index (κ2) is 9.07. The molecule has 0 fully saturated rings. The van der Waals surface area contributed by atoms with Gasteiger partial charge in [0.15, 0.2) is 6.33 Å². The first-order valence-electron chi connectivity index (χ1n) is 7.49. The molecule has 1 heterocycles. The number of benzene rings is 1. The van der Waals surface area contributed by atoms with Crippen LogP contribution in [0.3, 0.4) is 0 Å². The van der Waals surface area contributed by atoms with Crippen LogP contribution >= 0.6 is 0 Å². The number of halogens is 4. The summed E-state index contributed by atoms with van der Waals surface area (Å²) in [5.41, 5.74) is 1.16. The highest BCUT2D eigenvalue weighted by Crippen LogP contribution is 2.18. The Balaban J connectivity index is 2.05. The van der Waals surface area contributed by atoms with Crippen molar-refractivity contribution < 1.29 is 31.9 Å². The molecule has 0 atom stereocenters. The molecular weight excluding hydrogens is 374 g/mol. The number of alkyl halides is 4. The van der Waals surface area contributed by atoms with Crippen molar-refractivity contribution in [1.29, 1.82) is 0 Å². The van der Waals surface area contributed by atoms with E-state index in [-0.39, 0.29) is 18.9 Å². The number of ether oxygens (including phenoxy) is 1.